The molecule has 0 saturated heterocycles. The maximum Gasteiger partial charge on any atom is 0.152 e. The van der Waals surface area contributed by atoms with Crippen molar-refractivity contribution in [2.75, 3.05) is 0 Å². The third kappa shape index (κ3) is 8.37. The summed E-state index contributed by atoms with van der Waals surface area (Å²) in [4.78, 5) is 8.11. The molecule has 0 aliphatic rings. The van der Waals surface area contributed by atoms with Crippen molar-refractivity contribution in [3.8, 4) is 0 Å². The highest BCUT2D eigenvalue weighted by atomic mass is 35.5. The van der Waals surface area contributed by atoms with Gasteiger partial charge in [-0.05, 0) is 0 Å². The number of hydrogen-bond donors (Lipinski definition) is 1. The fourth-order valence-corrected chi connectivity index (χ4v) is 0. The van der Waals surface area contributed by atoms with E-state index in [9.17, 15) is 0 Å². The van der Waals surface area contributed by atoms with Crippen molar-refractivity contribution in [2.45, 2.75) is 0 Å². The molecule has 0 radical (unpaired) electrons. The zero-order chi connectivity index (χ0) is 2.71. The third-order valence-electron chi connectivity index (χ3n) is 0. The Morgan fingerprint density at radius 2 is 1.75 bits per heavy atom. The summed E-state index contributed by atoms with van der Waals surface area (Å²) in [5.74, 6) is 0. The Bertz CT molecular complexity index is 13.5. The van der Waals surface area contributed by atoms with Gasteiger partial charge in [0.15, 0.2) is 5.34 Å². The first kappa shape index (κ1) is 9.35. The molecule has 0 amide bonds. The molecule has 0 fully saturated rings. The Morgan fingerprint density at radius 1 is 1.75 bits per heavy atom. The van der Waals surface area contributed by atoms with E-state index < -0.39 is 0 Å². The zero-order valence-corrected chi connectivity index (χ0v) is 2.53. The second-order valence-corrected chi connectivity index (χ2v) is 0.0816. The SMILES string of the molecule is Cl.O=NO. The monoisotopic (exact) mass is 83.0 g/mol. The smallest absolute Gasteiger partial charge is 0.152 e. The molecule has 0 rings (SSSR count). The number of hydrogen-bond acceptors (Lipinski definition) is 2. The minimum absolute atomic E-state index is 0. The summed E-state index contributed by atoms with van der Waals surface area (Å²) in [6.07, 6.45) is 0. The van der Waals surface area contributed by atoms with E-state index >= 15 is 0 Å². The van der Waals surface area contributed by atoms with Crippen LogP contribution in [0.25, 0.3) is 0 Å². The number of halogens is 1. The molecule has 0 spiro atoms. The second-order valence-electron chi connectivity index (χ2n) is 0.0816. The average molecular weight is 83.5 g/mol. The van der Waals surface area contributed by atoms with Gasteiger partial charge in [-0.15, -0.1) is 17.3 Å². The van der Waals surface area contributed by atoms with Crippen molar-refractivity contribution in [3.05, 3.63) is 4.91 Å². The van der Waals surface area contributed by atoms with Gasteiger partial charge < -0.3 is 5.21 Å². The molecule has 4 heavy (non-hydrogen) atoms. The highest BCUT2D eigenvalue weighted by Crippen LogP contribution is 1.25. The van der Waals surface area contributed by atoms with E-state index in [0.717, 1.165) is 0 Å². The Morgan fingerprint density at radius 3 is 1.75 bits per heavy atom. The first-order valence-electron chi connectivity index (χ1n) is 0.383. The van der Waals surface area contributed by atoms with Crippen LogP contribution in [0.3, 0.4) is 0 Å². The Balaban J connectivity index is 0. The zero-order valence-electron chi connectivity index (χ0n) is 1.71. The van der Waals surface area contributed by atoms with Crippen LogP contribution in [0.5, 0.6) is 0 Å². The van der Waals surface area contributed by atoms with Crippen molar-refractivity contribution >= 4 is 12.4 Å². The van der Waals surface area contributed by atoms with Crippen molar-refractivity contribution in [1.29, 1.82) is 0 Å². The molecule has 0 bridgehead atoms. The van der Waals surface area contributed by atoms with Crippen LogP contribution in [0.4, 0.5) is 0 Å². The first-order chi connectivity index (χ1) is 1.41. The Kier molecular flexibility index (Phi) is 37.7. The molecule has 4 heteroatoms. The maximum absolute atomic E-state index is 8.11. The maximum atomic E-state index is 8.11. The van der Waals surface area contributed by atoms with Gasteiger partial charge in [-0.2, -0.15) is 0 Å². The van der Waals surface area contributed by atoms with Crippen molar-refractivity contribution in [1.82, 2.24) is 0 Å². The van der Waals surface area contributed by atoms with Crippen LogP contribution in [-0.4, -0.2) is 5.21 Å². The standard InChI is InChI=1S/ClH.HNO2/c;2-1-3/h1H;(H,2,3). The van der Waals surface area contributed by atoms with Crippen LogP contribution in [-0.2, 0) is 0 Å². The molecule has 0 atom stereocenters. The molecule has 0 aromatic carbocycles. The fraction of sp³-hybridized carbons (Fsp3) is 0. The number of nitrogens with zero attached hydrogens (tertiary/aromatic N) is 1. The van der Waals surface area contributed by atoms with E-state index in [1.807, 2.05) is 0 Å². The summed E-state index contributed by atoms with van der Waals surface area (Å²) >= 11 is 0. The minimum Gasteiger partial charge on any atom is -0.379 e. The molecule has 26 valence electrons. The van der Waals surface area contributed by atoms with Gasteiger partial charge in [0.25, 0.3) is 0 Å². The fourth-order valence-electron chi connectivity index (χ4n) is 0. The van der Waals surface area contributed by atoms with E-state index in [0.29, 0.717) is 0 Å². The third-order valence-corrected chi connectivity index (χ3v) is 0. The molecule has 1 N–H and O–H groups in total. The van der Waals surface area contributed by atoms with Gasteiger partial charge in [0.05, 0.1) is 0 Å². The van der Waals surface area contributed by atoms with Gasteiger partial charge >= 0.3 is 0 Å². The van der Waals surface area contributed by atoms with E-state index in [2.05, 4.69) is 0 Å². The lowest BCUT2D eigenvalue weighted by atomic mass is 13.4. The molecule has 3 nitrogen and oxygen atoms in total. The largest absolute Gasteiger partial charge is 0.379 e. The lowest BCUT2D eigenvalue weighted by molar-refractivity contribution is 0.312. The van der Waals surface area contributed by atoms with Gasteiger partial charge in [0, 0.05) is 0 Å². The van der Waals surface area contributed by atoms with Crippen LogP contribution in [0.1, 0.15) is 0 Å². The molecule has 0 saturated carbocycles. The van der Waals surface area contributed by atoms with Gasteiger partial charge in [0.1, 0.15) is 0 Å². The highest BCUT2D eigenvalue weighted by Gasteiger charge is 1.18. The summed E-state index contributed by atoms with van der Waals surface area (Å²) in [7, 11) is 0. The van der Waals surface area contributed by atoms with Gasteiger partial charge in [0.2, 0.25) is 0 Å². The summed E-state index contributed by atoms with van der Waals surface area (Å²) < 4.78 is 0. The molecule has 0 heterocycles. The summed E-state index contributed by atoms with van der Waals surface area (Å²) in [5.41, 5.74) is 0. The Labute approximate surface area is 29.0 Å². The van der Waals surface area contributed by atoms with Crippen LogP contribution in [0.15, 0.2) is 5.34 Å². The molecule has 0 aromatic rings. The Hall–Kier alpha value is -0.310. The van der Waals surface area contributed by atoms with Crippen LogP contribution >= 0.6 is 12.4 Å². The summed E-state index contributed by atoms with van der Waals surface area (Å²) in [6, 6.07) is 0. The van der Waals surface area contributed by atoms with E-state index in [1.165, 1.54) is 5.34 Å². The molecular weight excluding hydrogens is 81.5 g/mol. The predicted octanol–water partition coefficient (Wildman–Crippen LogP) is 0.564. The average Bonchev–Trinajstić information content (AvgIpc) is 0.918. The minimum atomic E-state index is 0. The highest BCUT2D eigenvalue weighted by molar-refractivity contribution is 5.85. The lowest BCUT2D eigenvalue weighted by Gasteiger charge is -1.32. The van der Waals surface area contributed by atoms with E-state index in [4.69, 9.17) is 10.1 Å². The summed E-state index contributed by atoms with van der Waals surface area (Å²) in [5, 5.41) is 7.89. The van der Waals surface area contributed by atoms with Gasteiger partial charge in [-0.3, -0.25) is 0 Å². The van der Waals surface area contributed by atoms with E-state index in [-0.39, 0.29) is 12.4 Å². The van der Waals surface area contributed by atoms with Crippen LogP contribution in [0.2, 0.25) is 0 Å². The molecule has 0 aromatic heterocycles. The van der Waals surface area contributed by atoms with E-state index in [1.54, 1.807) is 0 Å². The number of rotatable bonds is 0. The molecule has 0 unspecified atom stereocenters. The topological polar surface area (TPSA) is 49.7 Å². The van der Waals surface area contributed by atoms with Gasteiger partial charge in [-0.25, -0.2) is 0 Å². The predicted molar refractivity (Wildman–Crippen MR) is 14.8 cm³/mol. The van der Waals surface area contributed by atoms with Crippen molar-refractivity contribution in [2.24, 2.45) is 5.34 Å². The normalized spacial score (nSPS) is 3.00. The first-order valence-corrected chi connectivity index (χ1v) is 0.383. The quantitative estimate of drug-likeness (QED) is 0.344. The van der Waals surface area contributed by atoms with Crippen molar-refractivity contribution in [3.63, 3.8) is 0 Å². The van der Waals surface area contributed by atoms with Crippen LogP contribution in [0, 0.1) is 4.91 Å². The second kappa shape index (κ2) is 16.1. The molecule has 0 aliphatic heterocycles. The molecule has 0 aliphatic carbocycles. The molecular formula is H2ClNO2. The van der Waals surface area contributed by atoms with Crippen LogP contribution < -0.4 is 0 Å². The lowest BCUT2D eigenvalue weighted by Crippen LogP contribution is -1.25. The van der Waals surface area contributed by atoms with Gasteiger partial charge in [-0.1, -0.05) is 0 Å². The van der Waals surface area contributed by atoms with Crippen molar-refractivity contribution < 1.29 is 5.21 Å². The summed E-state index contributed by atoms with van der Waals surface area (Å²) in [6.45, 7) is 0.